The predicted molar refractivity (Wildman–Crippen MR) is 74.4 cm³/mol. The van der Waals surface area contributed by atoms with Crippen LogP contribution < -0.4 is 0 Å². The number of allylic oxidation sites excluding steroid dienone is 4. The Morgan fingerprint density at radius 1 is 1.53 bits per heavy atom. The first-order chi connectivity index (χ1) is 9.13. The third-order valence-corrected chi connectivity index (χ3v) is 3.65. The normalized spacial score (nSPS) is 24.8. The Morgan fingerprint density at radius 2 is 2.32 bits per heavy atom. The van der Waals surface area contributed by atoms with Crippen molar-refractivity contribution in [1.29, 1.82) is 0 Å². The third kappa shape index (κ3) is 3.09. The van der Waals surface area contributed by atoms with Gasteiger partial charge < -0.3 is 9.47 Å². The van der Waals surface area contributed by atoms with Crippen molar-refractivity contribution in [2.75, 3.05) is 7.11 Å². The summed E-state index contributed by atoms with van der Waals surface area (Å²) in [5, 5.41) is 0. The fourth-order valence-corrected chi connectivity index (χ4v) is 2.73. The zero-order valence-electron chi connectivity index (χ0n) is 11.9. The number of esters is 1. The minimum atomic E-state index is -0.227. The van der Waals surface area contributed by atoms with Gasteiger partial charge in [0, 0.05) is 12.3 Å². The summed E-state index contributed by atoms with van der Waals surface area (Å²) in [4.78, 5) is 12.0. The first-order valence-electron chi connectivity index (χ1n) is 6.91. The number of methoxy groups -OCH3 is 1. The fraction of sp³-hybridized carbons (Fsp3) is 0.562. The van der Waals surface area contributed by atoms with E-state index in [1.54, 1.807) is 0 Å². The SMILES string of the molecule is COC(=O)C1=C(CCC=C(C)C)O[C@@H]2C=CCC[C@H]12. The number of rotatable bonds is 4. The van der Waals surface area contributed by atoms with Crippen molar-refractivity contribution in [3.05, 3.63) is 35.1 Å². The standard InChI is InChI=1S/C16H22O3/c1-11(2)7-6-10-14-15(16(17)18-3)12-8-4-5-9-13(12)19-14/h5,7,9,12-13H,4,6,8,10H2,1-3H3/t12-,13+/m0/s1. The van der Waals surface area contributed by atoms with Crippen molar-refractivity contribution in [3.63, 3.8) is 0 Å². The van der Waals surface area contributed by atoms with E-state index in [1.165, 1.54) is 12.7 Å². The van der Waals surface area contributed by atoms with Gasteiger partial charge in [-0.15, -0.1) is 0 Å². The van der Waals surface area contributed by atoms with Gasteiger partial charge in [-0.1, -0.05) is 17.7 Å². The highest BCUT2D eigenvalue weighted by Crippen LogP contribution is 2.39. The smallest absolute Gasteiger partial charge is 0.337 e. The van der Waals surface area contributed by atoms with E-state index < -0.39 is 0 Å². The van der Waals surface area contributed by atoms with Crippen LogP contribution in [0.1, 0.15) is 39.5 Å². The topological polar surface area (TPSA) is 35.5 Å². The molecule has 2 atom stereocenters. The van der Waals surface area contributed by atoms with Crippen molar-refractivity contribution in [2.45, 2.75) is 45.6 Å². The van der Waals surface area contributed by atoms with Crippen LogP contribution >= 0.6 is 0 Å². The molecule has 0 spiro atoms. The highest BCUT2D eigenvalue weighted by Gasteiger charge is 2.39. The zero-order valence-corrected chi connectivity index (χ0v) is 11.9. The molecule has 1 aliphatic heterocycles. The van der Waals surface area contributed by atoms with Gasteiger partial charge in [0.1, 0.15) is 11.9 Å². The maximum Gasteiger partial charge on any atom is 0.337 e. The molecule has 0 unspecified atom stereocenters. The molecule has 19 heavy (non-hydrogen) atoms. The molecule has 0 fully saturated rings. The van der Waals surface area contributed by atoms with Crippen LogP contribution in [0.25, 0.3) is 0 Å². The van der Waals surface area contributed by atoms with Crippen LogP contribution in [0.4, 0.5) is 0 Å². The lowest BCUT2D eigenvalue weighted by Gasteiger charge is -2.20. The molecule has 0 aromatic rings. The summed E-state index contributed by atoms with van der Waals surface area (Å²) in [5.74, 6) is 0.778. The molecular weight excluding hydrogens is 240 g/mol. The maximum absolute atomic E-state index is 12.0. The predicted octanol–water partition coefficient (Wildman–Crippen LogP) is 3.52. The number of hydrogen-bond acceptors (Lipinski definition) is 3. The zero-order chi connectivity index (χ0) is 13.8. The van der Waals surface area contributed by atoms with Crippen molar-refractivity contribution in [1.82, 2.24) is 0 Å². The third-order valence-electron chi connectivity index (χ3n) is 3.65. The second kappa shape index (κ2) is 6.09. The van der Waals surface area contributed by atoms with Gasteiger partial charge in [0.2, 0.25) is 0 Å². The van der Waals surface area contributed by atoms with Gasteiger partial charge in [0.05, 0.1) is 12.7 Å². The molecule has 0 aromatic heterocycles. The number of hydrogen-bond donors (Lipinski definition) is 0. The molecule has 1 heterocycles. The molecule has 0 saturated heterocycles. The molecule has 3 heteroatoms. The molecule has 0 aromatic carbocycles. The molecule has 0 saturated carbocycles. The van der Waals surface area contributed by atoms with Crippen LogP contribution in [0.15, 0.2) is 35.1 Å². The van der Waals surface area contributed by atoms with Gasteiger partial charge in [0.15, 0.2) is 0 Å². The molecule has 2 rings (SSSR count). The van der Waals surface area contributed by atoms with Crippen molar-refractivity contribution < 1.29 is 14.3 Å². The van der Waals surface area contributed by atoms with E-state index in [4.69, 9.17) is 9.47 Å². The number of carbonyl (C=O) groups excluding carboxylic acids is 1. The first-order valence-corrected chi connectivity index (χ1v) is 6.91. The lowest BCUT2D eigenvalue weighted by atomic mass is 9.86. The van der Waals surface area contributed by atoms with Gasteiger partial charge in [-0.2, -0.15) is 0 Å². The molecule has 2 aliphatic rings. The first kappa shape index (κ1) is 13.9. The van der Waals surface area contributed by atoms with E-state index in [0.717, 1.165) is 37.0 Å². The molecule has 104 valence electrons. The van der Waals surface area contributed by atoms with Crippen LogP contribution in [0, 0.1) is 5.92 Å². The van der Waals surface area contributed by atoms with E-state index in [9.17, 15) is 4.79 Å². The van der Waals surface area contributed by atoms with Crippen molar-refractivity contribution in [2.24, 2.45) is 5.92 Å². The molecule has 1 aliphatic carbocycles. The van der Waals surface area contributed by atoms with Gasteiger partial charge >= 0.3 is 5.97 Å². The van der Waals surface area contributed by atoms with Crippen LogP contribution in [0.5, 0.6) is 0 Å². The monoisotopic (exact) mass is 262 g/mol. The molecule has 0 radical (unpaired) electrons. The molecule has 0 N–H and O–H groups in total. The Balaban J connectivity index is 2.17. The quantitative estimate of drug-likeness (QED) is 0.574. The van der Waals surface area contributed by atoms with Gasteiger partial charge in [-0.05, 0) is 39.2 Å². The lowest BCUT2D eigenvalue weighted by Crippen LogP contribution is -2.22. The summed E-state index contributed by atoms with van der Waals surface area (Å²) in [5.41, 5.74) is 2.05. The van der Waals surface area contributed by atoms with Crippen molar-refractivity contribution >= 4 is 5.97 Å². The Bertz CT molecular complexity index is 439. The minimum absolute atomic E-state index is 0.0320. The van der Waals surface area contributed by atoms with Crippen LogP contribution in [0.2, 0.25) is 0 Å². The summed E-state index contributed by atoms with van der Waals surface area (Å²) < 4.78 is 10.9. The lowest BCUT2D eigenvalue weighted by molar-refractivity contribution is -0.136. The maximum atomic E-state index is 12.0. The highest BCUT2D eigenvalue weighted by atomic mass is 16.5. The van der Waals surface area contributed by atoms with Crippen molar-refractivity contribution in [3.8, 4) is 0 Å². The number of fused-ring (bicyclic) bond motifs is 1. The van der Waals surface area contributed by atoms with Gasteiger partial charge in [-0.3, -0.25) is 0 Å². The summed E-state index contributed by atoms with van der Waals surface area (Å²) in [7, 11) is 1.44. The van der Waals surface area contributed by atoms with Crippen LogP contribution in [-0.2, 0) is 14.3 Å². The Hall–Kier alpha value is -1.51. The van der Waals surface area contributed by atoms with Gasteiger partial charge in [-0.25, -0.2) is 4.79 Å². The largest absolute Gasteiger partial charge is 0.489 e. The molecular formula is C16H22O3. The van der Waals surface area contributed by atoms with Crippen LogP contribution in [0.3, 0.4) is 0 Å². The Morgan fingerprint density at radius 3 is 3.00 bits per heavy atom. The Kier molecular flexibility index (Phi) is 4.46. The number of ether oxygens (including phenoxy) is 2. The Labute approximate surface area is 115 Å². The van der Waals surface area contributed by atoms with E-state index in [2.05, 4.69) is 32.1 Å². The van der Waals surface area contributed by atoms with Crippen LogP contribution in [-0.4, -0.2) is 19.2 Å². The van der Waals surface area contributed by atoms with E-state index in [0.29, 0.717) is 0 Å². The highest BCUT2D eigenvalue weighted by molar-refractivity contribution is 5.90. The fourth-order valence-electron chi connectivity index (χ4n) is 2.73. The average Bonchev–Trinajstić information content (AvgIpc) is 2.75. The number of carbonyl (C=O) groups is 1. The molecule has 0 bridgehead atoms. The van der Waals surface area contributed by atoms with E-state index in [-0.39, 0.29) is 18.0 Å². The summed E-state index contributed by atoms with van der Waals surface area (Å²) in [6.07, 6.45) is 10.1. The van der Waals surface area contributed by atoms with Gasteiger partial charge in [0.25, 0.3) is 0 Å². The second-order valence-corrected chi connectivity index (χ2v) is 5.34. The molecule has 3 nitrogen and oxygen atoms in total. The second-order valence-electron chi connectivity index (χ2n) is 5.34. The van der Waals surface area contributed by atoms with E-state index >= 15 is 0 Å². The van der Waals surface area contributed by atoms with E-state index in [1.807, 2.05) is 0 Å². The molecule has 0 amide bonds. The average molecular weight is 262 g/mol. The minimum Gasteiger partial charge on any atom is -0.489 e. The summed E-state index contributed by atoms with van der Waals surface area (Å²) in [6.45, 7) is 4.15. The summed E-state index contributed by atoms with van der Waals surface area (Å²) in [6, 6.07) is 0. The summed E-state index contributed by atoms with van der Waals surface area (Å²) >= 11 is 0.